The Kier molecular flexibility index (Phi) is 4.82. The highest BCUT2D eigenvalue weighted by atomic mass is 32.2. The number of carbonyl (C=O) groups excluding carboxylic acids is 1. The Morgan fingerprint density at radius 1 is 1.29 bits per heavy atom. The number of carbonyl (C=O) groups is 2. The van der Waals surface area contributed by atoms with Crippen LogP contribution in [0.5, 0.6) is 0 Å². The first kappa shape index (κ1) is 16.5. The highest BCUT2D eigenvalue weighted by Gasteiger charge is 2.40. The third kappa shape index (κ3) is 3.42. The van der Waals surface area contributed by atoms with Gasteiger partial charge in [0.1, 0.15) is 10.4 Å². The summed E-state index contributed by atoms with van der Waals surface area (Å²) in [5.41, 5.74) is 1.61. The lowest BCUT2D eigenvalue weighted by Crippen LogP contribution is -2.45. The van der Waals surface area contributed by atoms with E-state index >= 15 is 0 Å². The Morgan fingerprint density at radius 2 is 2.04 bits per heavy atom. The maximum absolute atomic E-state index is 12.7. The van der Waals surface area contributed by atoms with Crippen molar-refractivity contribution in [1.82, 2.24) is 9.88 Å². The van der Waals surface area contributed by atoms with Crippen LogP contribution in [0, 0.1) is 0 Å². The van der Waals surface area contributed by atoms with Gasteiger partial charge < -0.3 is 10.1 Å². The molecular weight excluding hydrogens is 344 g/mol. The van der Waals surface area contributed by atoms with Crippen LogP contribution in [0.4, 0.5) is 0 Å². The van der Waals surface area contributed by atoms with Crippen LogP contribution in [-0.4, -0.2) is 37.2 Å². The third-order valence-electron chi connectivity index (χ3n) is 3.60. The second-order valence-corrected chi connectivity index (χ2v) is 6.90. The summed E-state index contributed by atoms with van der Waals surface area (Å²) in [7, 11) is 0. The minimum atomic E-state index is -1.07. The number of aromatic nitrogens is 1. The number of hydrogen-bond donors (Lipinski definition) is 2. The van der Waals surface area contributed by atoms with E-state index in [2.05, 4.69) is 4.98 Å². The summed E-state index contributed by atoms with van der Waals surface area (Å²) in [4.78, 5) is 29.0. The third-order valence-corrected chi connectivity index (χ3v) is 4.93. The Bertz CT molecular complexity index is 801. The van der Waals surface area contributed by atoms with Crippen molar-refractivity contribution in [2.75, 3.05) is 0 Å². The Hall–Kier alpha value is -2.38. The summed E-state index contributed by atoms with van der Waals surface area (Å²) in [6.07, 6.45) is 3.64. The minimum Gasteiger partial charge on any atom is -0.480 e. The SMILES string of the molecule is O=C(O)C(Cc1ccccc1)N1C(=O)C(=Cc2ccc[nH]2)SC1=S. The predicted molar refractivity (Wildman–Crippen MR) is 97.4 cm³/mol. The van der Waals surface area contributed by atoms with Crippen molar-refractivity contribution < 1.29 is 14.7 Å². The molecule has 3 rings (SSSR count). The summed E-state index contributed by atoms with van der Waals surface area (Å²) in [6, 6.07) is 11.8. The number of carboxylic acids is 1. The van der Waals surface area contributed by atoms with Crippen LogP contribution in [0.25, 0.3) is 6.08 Å². The molecule has 0 saturated carbocycles. The number of H-pyrrole nitrogens is 1. The fourth-order valence-corrected chi connectivity index (χ4v) is 3.80. The average molecular weight is 358 g/mol. The van der Waals surface area contributed by atoms with Crippen molar-refractivity contribution in [1.29, 1.82) is 0 Å². The lowest BCUT2D eigenvalue weighted by Gasteiger charge is -2.23. The molecule has 5 nitrogen and oxygen atoms in total. The van der Waals surface area contributed by atoms with E-state index in [0.717, 1.165) is 23.0 Å². The molecule has 7 heteroatoms. The van der Waals surface area contributed by atoms with Crippen molar-refractivity contribution in [3.05, 3.63) is 64.8 Å². The van der Waals surface area contributed by atoms with Gasteiger partial charge in [0, 0.05) is 18.3 Å². The average Bonchev–Trinajstić information content (AvgIpc) is 3.16. The maximum atomic E-state index is 12.7. The number of hydrogen-bond acceptors (Lipinski definition) is 4. The van der Waals surface area contributed by atoms with Gasteiger partial charge in [-0.15, -0.1) is 0 Å². The largest absolute Gasteiger partial charge is 0.480 e. The molecule has 2 N–H and O–H groups in total. The van der Waals surface area contributed by atoms with E-state index in [1.165, 1.54) is 4.90 Å². The van der Waals surface area contributed by atoms with Gasteiger partial charge >= 0.3 is 5.97 Å². The first-order valence-corrected chi connectivity index (χ1v) is 8.46. The van der Waals surface area contributed by atoms with E-state index in [0.29, 0.717) is 4.91 Å². The first-order valence-electron chi connectivity index (χ1n) is 7.23. The topological polar surface area (TPSA) is 73.4 Å². The number of aromatic amines is 1. The van der Waals surface area contributed by atoms with Crippen LogP contribution in [0.2, 0.25) is 0 Å². The monoisotopic (exact) mass is 358 g/mol. The van der Waals surface area contributed by atoms with Crippen LogP contribution >= 0.6 is 24.0 Å². The van der Waals surface area contributed by atoms with E-state index in [1.54, 1.807) is 12.3 Å². The second-order valence-electron chi connectivity index (χ2n) is 5.22. The number of thioether (sulfide) groups is 1. The number of nitrogens with one attached hydrogen (secondary N) is 1. The van der Waals surface area contributed by atoms with Gasteiger partial charge in [-0.25, -0.2) is 4.79 Å². The molecule has 2 heterocycles. The first-order chi connectivity index (χ1) is 11.6. The molecule has 1 aromatic carbocycles. The Balaban J connectivity index is 1.87. The van der Waals surface area contributed by atoms with Crippen molar-refractivity contribution in [2.24, 2.45) is 0 Å². The van der Waals surface area contributed by atoms with Gasteiger partial charge in [-0.3, -0.25) is 9.69 Å². The zero-order valence-corrected chi connectivity index (χ0v) is 14.1. The second kappa shape index (κ2) is 7.02. The quantitative estimate of drug-likeness (QED) is 0.635. The lowest BCUT2D eigenvalue weighted by atomic mass is 10.0. The Labute approximate surface area is 148 Å². The standard InChI is InChI=1S/C17H14N2O3S2/c20-15-14(10-12-7-4-8-18-12)24-17(23)19(15)13(16(21)22)9-11-5-2-1-3-6-11/h1-8,10,13,18H,9H2,(H,21,22). The van der Waals surface area contributed by atoms with Crippen LogP contribution < -0.4 is 0 Å². The van der Waals surface area contributed by atoms with Crippen LogP contribution in [0.1, 0.15) is 11.3 Å². The smallest absolute Gasteiger partial charge is 0.327 e. The van der Waals surface area contributed by atoms with Crippen molar-refractivity contribution in [2.45, 2.75) is 12.5 Å². The highest BCUT2D eigenvalue weighted by molar-refractivity contribution is 8.26. The summed E-state index contributed by atoms with van der Waals surface area (Å²) < 4.78 is 0.265. The number of amides is 1. The number of carboxylic acid groups (broad SMARTS) is 1. The number of rotatable bonds is 5. The molecule has 1 aromatic heterocycles. The number of nitrogens with zero attached hydrogens (tertiary/aromatic N) is 1. The normalized spacial score (nSPS) is 17.5. The van der Waals surface area contributed by atoms with Crippen molar-refractivity contribution >= 4 is 46.3 Å². The molecule has 1 atom stereocenters. The fourth-order valence-electron chi connectivity index (χ4n) is 2.45. The van der Waals surface area contributed by atoms with Gasteiger partial charge in [0.15, 0.2) is 0 Å². The molecule has 1 amide bonds. The minimum absolute atomic E-state index is 0.207. The molecule has 1 fully saturated rings. The van der Waals surface area contributed by atoms with Gasteiger partial charge in [0.25, 0.3) is 5.91 Å². The molecule has 0 bridgehead atoms. The molecule has 2 aromatic rings. The number of thiocarbonyl (C=S) groups is 1. The predicted octanol–water partition coefficient (Wildman–Crippen LogP) is 2.91. The Morgan fingerprint density at radius 3 is 2.67 bits per heavy atom. The van der Waals surface area contributed by atoms with E-state index in [1.807, 2.05) is 42.5 Å². The van der Waals surface area contributed by atoms with Gasteiger partial charge in [0.2, 0.25) is 0 Å². The summed E-state index contributed by atoms with van der Waals surface area (Å²) in [6.45, 7) is 0. The van der Waals surface area contributed by atoms with Crippen molar-refractivity contribution in [3.63, 3.8) is 0 Å². The van der Waals surface area contributed by atoms with E-state index < -0.39 is 12.0 Å². The molecule has 0 radical (unpaired) electrons. The molecule has 0 spiro atoms. The summed E-state index contributed by atoms with van der Waals surface area (Å²) >= 11 is 6.38. The number of benzene rings is 1. The van der Waals surface area contributed by atoms with Gasteiger partial charge in [-0.05, 0) is 23.8 Å². The molecule has 24 heavy (non-hydrogen) atoms. The van der Waals surface area contributed by atoms with E-state index in [9.17, 15) is 14.7 Å². The maximum Gasteiger partial charge on any atom is 0.327 e. The molecule has 1 aliphatic rings. The molecular formula is C17H14N2O3S2. The highest BCUT2D eigenvalue weighted by Crippen LogP contribution is 2.34. The molecule has 122 valence electrons. The zero-order valence-electron chi connectivity index (χ0n) is 12.5. The van der Waals surface area contributed by atoms with Crippen LogP contribution in [-0.2, 0) is 16.0 Å². The molecule has 1 saturated heterocycles. The number of aliphatic carboxylic acids is 1. The molecule has 1 unspecified atom stereocenters. The van der Waals surface area contributed by atoms with Crippen molar-refractivity contribution in [3.8, 4) is 0 Å². The van der Waals surface area contributed by atoms with Gasteiger partial charge in [-0.2, -0.15) is 0 Å². The summed E-state index contributed by atoms with van der Waals surface area (Å²) in [5.74, 6) is -1.45. The fraction of sp³-hybridized carbons (Fsp3) is 0.118. The summed E-state index contributed by atoms with van der Waals surface area (Å²) in [5, 5.41) is 9.59. The van der Waals surface area contributed by atoms with Gasteiger partial charge in [-0.1, -0.05) is 54.3 Å². The van der Waals surface area contributed by atoms with Crippen LogP contribution in [0.15, 0.2) is 53.6 Å². The lowest BCUT2D eigenvalue weighted by molar-refractivity contribution is -0.145. The van der Waals surface area contributed by atoms with Gasteiger partial charge in [0.05, 0.1) is 4.91 Å². The molecule has 1 aliphatic heterocycles. The zero-order chi connectivity index (χ0) is 17.1. The van der Waals surface area contributed by atoms with E-state index in [4.69, 9.17) is 12.2 Å². The molecule has 0 aliphatic carbocycles. The van der Waals surface area contributed by atoms with Crippen LogP contribution in [0.3, 0.4) is 0 Å². The van der Waals surface area contributed by atoms with E-state index in [-0.39, 0.29) is 16.6 Å².